The minimum atomic E-state index is -0.696. The first-order chi connectivity index (χ1) is 10.1. The van der Waals surface area contributed by atoms with Crippen molar-refractivity contribution < 1.29 is 19.0 Å². The molecule has 1 radical (unpaired) electrons. The summed E-state index contributed by atoms with van der Waals surface area (Å²) in [5, 5.41) is 19.7. The fraction of sp³-hybridized carbons (Fsp3) is 0.125. The van der Waals surface area contributed by atoms with E-state index in [4.69, 9.17) is 4.42 Å². The van der Waals surface area contributed by atoms with E-state index in [9.17, 15) is 14.6 Å². The minimum absolute atomic E-state index is 0.170. The van der Waals surface area contributed by atoms with E-state index in [0.29, 0.717) is 23.2 Å². The zero-order chi connectivity index (χ0) is 15.0. The van der Waals surface area contributed by atoms with Crippen LogP contribution in [0.25, 0.3) is 22.3 Å². The molecular weight excluding hydrogens is 270 g/mol. The highest BCUT2D eigenvalue weighted by Crippen LogP contribution is 2.34. The lowest BCUT2D eigenvalue weighted by Crippen LogP contribution is -1.91. The molecule has 0 spiro atoms. The van der Waals surface area contributed by atoms with E-state index in [1.54, 1.807) is 24.3 Å². The average molecular weight is 283 g/mol. The molecule has 2 aromatic carbocycles. The van der Waals surface area contributed by atoms with Crippen molar-refractivity contribution in [1.82, 2.24) is 0 Å². The smallest absolute Gasteiger partial charge is 0.165 e. The SMILES string of the molecule is C[B]Cc1cc(O)cc2cc(-c3ccc(O)c(F)c3)oc12. The Morgan fingerprint density at radius 3 is 2.67 bits per heavy atom. The van der Waals surface area contributed by atoms with Gasteiger partial charge in [-0.05, 0) is 42.0 Å². The van der Waals surface area contributed by atoms with E-state index in [2.05, 4.69) is 0 Å². The maximum absolute atomic E-state index is 13.4. The molecule has 0 atom stereocenters. The summed E-state index contributed by atoms with van der Waals surface area (Å²) < 4.78 is 19.3. The standard InChI is InChI=1S/C16H13BFO3/c1-17-8-11-5-12(19)4-10-7-15(21-16(10)11)9-2-3-14(20)13(18)6-9/h2-7,19-20H,8H2,1H3. The molecular formula is C16H13BFO3. The van der Waals surface area contributed by atoms with Crippen LogP contribution in [0.1, 0.15) is 5.56 Å². The Kier molecular flexibility index (Phi) is 3.33. The lowest BCUT2D eigenvalue weighted by atomic mass is 9.75. The largest absolute Gasteiger partial charge is 0.508 e. The van der Waals surface area contributed by atoms with Crippen LogP contribution in [0.3, 0.4) is 0 Å². The van der Waals surface area contributed by atoms with Crippen LogP contribution in [0.15, 0.2) is 40.8 Å². The summed E-state index contributed by atoms with van der Waals surface area (Å²) >= 11 is 0. The third kappa shape index (κ3) is 2.47. The Labute approximate surface area is 121 Å². The summed E-state index contributed by atoms with van der Waals surface area (Å²) in [6.07, 6.45) is 0.668. The maximum atomic E-state index is 13.4. The summed E-state index contributed by atoms with van der Waals surface area (Å²) in [6.45, 7) is 1.93. The number of benzene rings is 2. The van der Waals surface area contributed by atoms with Crippen molar-refractivity contribution in [3.63, 3.8) is 0 Å². The van der Waals surface area contributed by atoms with E-state index < -0.39 is 11.6 Å². The van der Waals surface area contributed by atoms with Crippen molar-refractivity contribution in [2.24, 2.45) is 0 Å². The van der Waals surface area contributed by atoms with Crippen LogP contribution in [0.2, 0.25) is 6.82 Å². The van der Waals surface area contributed by atoms with Gasteiger partial charge in [-0.1, -0.05) is 13.1 Å². The second kappa shape index (κ2) is 5.16. The highest BCUT2D eigenvalue weighted by molar-refractivity contribution is 6.33. The van der Waals surface area contributed by atoms with Crippen LogP contribution in [0.4, 0.5) is 4.39 Å². The predicted molar refractivity (Wildman–Crippen MR) is 80.3 cm³/mol. The molecule has 5 heteroatoms. The van der Waals surface area contributed by atoms with Crippen LogP contribution < -0.4 is 0 Å². The third-order valence-electron chi connectivity index (χ3n) is 3.33. The Morgan fingerprint density at radius 2 is 1.95 bits per heavy atom. The van der Waals surface area contributed by atoms with Gasteiger partial charge in [0.1, 0.15) is 24.4 Å². The molecule has 0 bridgehead atoms. The summed E-state index contributed by atoms with van der Waals surface area (Å²) in [5.74, 6) is -0.429. The molecule has 3 rings (SSSR count). The Bertz CT molecular complexity index is 811. The van der Waals surface area contributed by atoms with Gasteiger partial charge in [-0.15, -0.1) is 0 Å². The van der Waals surface area contributed by atoms with Gasteiger partial charge in [-0.25, -0.2) is 4.39 Å². The van der Waals surface area contributed by atoms with Gasteiger partial charge in [0.15, 0.2) is 11.6 Å². The molecule has 0 aliphatic carbocycles. The number of halogens is 1. The molecule has 2 N–H and O–H groups in total. The van der Waals surface area contributed by atoms with Gasteiger partial charge in [0.25, 0.3) is 0 Å². The quantitative estimate of drug-likeness (QED) is 0.717. The van der Waals surface area contributed by atoms with E-state index in [-0.39, 0.29) is 5.75 Å². The molecule has 21 heavy (non-hydrogen) atoms. The second-order valence-corrected chi connectivity index (χ2v) is 4.91. The Morgan fingerprint density at radius 1 is 1.14 bits per heavy atom. The first-order valence-electron chi connectivity index (χ1n) is 6.60. The predicted octanol–water partition coefficient (Wildman–Crippen LogP) is 3.90. The molecule has 0 unspecified atom stereocenters. The van der Waals surface area contributed by atoms with E-state index >= 15 is 0 Å². The van der Waals surface area contributed by atoms with Gasteiger partial charge in [0.2, 0.25) is 0 Å². The molecule has 0 saturated carbocycles. The number of hydrogen-bond donors (Lipinski definition) is 2. The van der Waals surface area contributed by atoms with Gasteiger partial charge >= 0.3 is 0 Å². The summed E-state index contributed by atoms with van der Waals surface area (Å²) in [6, 6.07) is 9.11. The second-order valence-electron chi connectivity index (χ2n) is 4.91. The Hall–Kier alpha value is -2.43. The lowest BCUT2D eigenvalue weighted by molar-refractivity contribution is 0.432. The Balaban J connectivity index is 2.16. The third-order valence-corrected chi connectivity index (χ3v) is 3.33. The van der Waals surface area contributed by atoms with Gasteiger partial charge in [-0.3, -0.25) is 0 Å². The van der Waals surface area contributed by atoms with Gasteiger partial charge < -0.3 is 14.6 Å². The molecule has 0 aliphatic rings. The van der Waals surface area contributed by atoms with Crippen LogP contribution >= 0.6 is 0 Å². The molecule has 1 aromatic heterocycles. The fourth-order valence-electron chi connectivity index (χ4n) is 2.38. The van der Waals surface area contributed by atoms with E-state index in [0.717, 1.165) is 10.9 Å². The van der Waals surface area contributed by atoms with E-state index in [1.807, 2.05) is 14.1 Å². The number of phenolic OH excluding ortho intramolecular Hbond substituents is 2. The fourth-order valence-corrected chi connectivity index (χ4v) is 2.38. The molecule has 105 valence electrons. The van der Waals surface area contributed by atoms with Crippen LogP contribution in [0.5, 0.6) is 11.5 Å². The van der Waals surface area contributed by atoms with Crippen molar-refractivity contribution in [2.45, 2.75) is 13.1 Å². The molecule has 0 fully saturated rings. The lowest BCUT2D eigenvalue weighted by Gasteiger charge is -2.01. The number of phenols is 2. The molecule has 3 aromatic rings. The van der Waals surface area contributed by atoms with Crippen molar-refractivity contribution in [3.8, 4) is 22.8 Å². The van der Waals surface area contributed by atoms with Crippen molar-refractivity contribution in [2.75, 3.05) is 0 Å². The molecule has 3 nitrogen and oxygen atoms in total. The first kappa shape index (κ1) is 13.6. The van der Waals surface area contributed by atoms with Gasteiger partial charge in [-0.2, -0.15) is 0 Å². The molecule has 1 heterocycles. The summed E-state index contributed by atoms with van der Waals surface area (Å²) in [4.78, 5) is 0. The number of furan rings is 1. The monoisotopic (exact) mass is 283 g/mol. The van der Waals surface area contributed by atoms with Gasteiger partial charge in [0.05, 0.1) is 0 Å². The first-order valence-corrected chi connectivity index (χ1v) is 6.60. The highest BCUT2D eigenvalue weighted by atomic mass is 19.1. The average Bonchev–Trinajstić information content (AvgIpc) is 2.86. The minimum Gasteiger partial charge on any atom is -0.508 e. The summed E-state index contributed by atoms with van der Waals surface area (Å²) in [5.41, 5.74) is 2.08. The number of fused-ring (bicyclic) bond motifs is 1. The number of aromatic hydroxyl groups is 2. The number of rotatable bonds is 3. The van der Waals surface area contributed by atoms with E-state index in [1.165, 1.54) is 12.1 Å². The van der Waals surface area contributed by atoms with Crippen molar-refractivity contribution in [3.05, 3.63) is 47.8 Å². The zero-order valence-electron chi connectivity index (χ0n) is 11.4. The van der Waals surface area contributed by atoms with Crippen LogP contribution in [0, 0.1) is 5.82 Å². The topological polar surface area (TPSA) is 53.6 Å². The van der Waals surface area contributed by atoms with Gasteiger partial charge in [0, 0.05) is 10.9 Å². The highest BCUT2D eigenvalue weighted by Gasteiger charge is 2.13. The molecule has 0 aliphatic heterocycles. The zero-order valence-corrected chi connectivity index (χ0v) is 11.4. The van der Waals surface area contributed by atoms with Crippen molar-refractivity contribution in [1.29, 1.82) is 0 Å². The summed E-state index contributed by atoms with van der Waals surface area (Å²) in [7, 11) is 1.97. The number of hydrogen-bond acceptors (Lipinski definition) is 3. The molecule has 0 saturated heterocycles. The molecule has 0 amide bonds. The van der Waals surface area contributed by atoms with Crippen LogP contribution in [-0.2, 0) is 6.32 Å². The normalized spacial score (nSPS) is 11.0. The van der Waals surface area contributed by atoms with Crippen molar-refractivity contribution >= 4 is 18.2 Å². The maximum Gasteiger partial charge on any atom is 0.165 e. The van der Waals surface area contributed by atoms with Crippen LogP contribution in [-0.4, -0.2) is 17.5 Å².